The number of fused-ring (bicyclic) bond motifs is 5. The van der Waals surface area contributed by atoms with Gasteiger partial charge < -0.3 is 9.32 Å². The molecule has 0 spiro atoms. The zero-order valence-corrected chi connectivity index (χ0v) is 26.3. The van der Waals surface area contributed by atoms with Gasteiger partial charge in [-0.25, -0.2) is 0 Å². The standard InChI is InChI=1S/C46H31NO/c1-4-12-32(13-5-1)34-20-22-36(23-21-34)42-31-44-43-30-39(28-29-45(43)48-46(44)41-19-11-10-18-40(41)42)47(37-16-8-3-9-17-37)38-26-24-35(25-27-38)33-14-6-2-7-15-33/h1-31H. The summed E-state index contributed by atoms with van der Waals surface area (Å²) in [7, 11) is 0. The molecule has 0 saturated carbocycles. The SMILES string of the molecule is c1ccc(-c2ccc(-c3cc4c5cc(N(c6ccccc6)c6ccc(-c7ccccc7)cc6)ccc5oc4c4ccccc34)cc2)cc1. The molecule has 9 aromatic rings. The van der Waals surface area contributed by atoms with Gasteiger partial charge in [0.25, 0.3) is 0 Å². The first-order chi connectivity index (χ1) is 23.8. The third-order valence-corrected chi connectivity index (χ3v) is 9.27. The summed E-state index contributed by atoms with van der Waals surface area (Å²) in [5.41, 5.74) is 12.3. The summed E-state index contributed by atoms with van der Waals surface area (Å²) >= 11 is 0. The number of para-hydroxylation sites is 1. The molecule has 0 aliphatic carbocycles. The van der Waals surface area contributed by atoms with Crippen LogP contribution in [0.4, 0.5) is 17.1 Å². The van der Waals surface area contributed by atoms with Crippen LogP contribution >= 0.6 is 0 Å². The molecule has 226 valence electrons. The second-order valence-corrected chi connectivity index (χ2v) is 12.2. The fourth-order valence-electron chi connectivity index (χ4n) is 6.89. The van der Waals surface area contributed by atoms with Crippen molar-refractivity contribution in [3.8, 4) is 33.4 Å². The topological polar surface area (TPSA) is 16.4 Å². The van der Waals surface area contributed by atoms with E-state index in [-0.39, 0.29) is 0 Å². The number of furan rings is 1. The third-order valence-electron chi connectivity index (χ3n) is 9.27. The van der Waals surface area contributed by atoms with Gasteiger partial charge in [0, 0.05) is 33.2 Å². The molecule has 0 bridgehead atoms. The lowest BCUT2D eigenvalue weighted by Gasteiger charge is -2.25. The van der Waals surface area contributed by atoms with Crippen LogP contribution in [0.1, 0.15) is 0 Å². The first kappa shape index (κ1) is 27.9. The predicted octanol–water partition coefficient (Wildman–Crippen LogP) is 13.2. The summed E-state index contributed by atoms with van der Waals surface area (Å²) in [6, 6.07) is 66.8. The largest absolute Gasteiger partial charge is 0.455 e. The van der Waals surface area contributed by atoms with E-state index in [0.29, 0.717) is 0 Å². The van der Waals surface area contributed by atoms with Gasteiger partial charge in [-0.3, -0.25) is 0 Å². The van der Waals surface area contributed by atoms with Crippen LogP contribution < -0.4 is 4.90 Å². The minimum absolute atomic E-state index is 0.878. The minimum Gasteiger partial charge on any atom is -0.455 e. The number of benzene rings is 8. The van der Waals surface area contributed by atoms with Crippen LogP contribution in [0.2, 0.25) is 0 Å². The van der Waals surface area contributed by atoms with Crippen molar-refractivity contribution in [2.45, 2.75) is 0 Å². The Morgan fingerprint density at radius 3 is 1.44 bits per heavy atom. The Labute approximate surface area is 279 Å². The van der Waals surface area contributed by atoms with Gasteiger partial charge in [-0.05, 0) is 87.3 Å². The summed E-state index contributed by atoms with van der Waals surface area (Å²) in [6.07, 6.45) is 0. The molecular formula is C46H31NO. The highest BCUT2D eigenvalue weighted by molar-refractivity contribution is 6.19. The molecule has 0 N–H and O–H groups in total. The van der Waals surface area contributed by atoms with Gasteiger partial charge in [0.2, 0.25) is 0 Å². The maximum Gasteiger partial charge on any atom is 0.143 e. The maximum atomic E-state index is 6.63. The number of anilines is 3. The normalized spacial score (nSPS) is 11.3. The van der Waals surface area contributed by atoms with Crippen LogP contribution in [0.15, 0.2) is 192 Å². The summed E-state index contributed by atoms with van der Waals surface area (Å²) in [4.78, 5) is 2.32. The molecule has 2 nitrogen and oxygen atoms in total. The van der Waals surface area contributed by atoms with Crippen molar-refractivity contribution in [2.24, 2.45) is 0 Å². The molecule has 0 amide bonds. The smallest absolute Gasteiger partial charge is 0.143 e. The second-order valence-electron chi connectivity index (χ2n) is 12.2. The van der Waals surface area contributed by atoms with Crippen LogP contribution in [0.25, 0.3) is 66.1 Å². The van der Waals surface area contributed by atoms with E-state index in [0.717, 1.165) is 44.4 Å². The second kappa shape index (κ2) is 11.8. The zero-order valence-electron chi connectivity index (χ0n) is 26.3. The molecule has 48 heavy (non-hydrogen) atoms. The van der Waals surface area contributed by atoms with Crippen LogP contribution in [0, 0.1) is 0 Å². The summed E-state index contributed by atoms with van der Waals surface area (Å²) in [6.45, 7) is 0. The summed E-state index contributed by atoms with van der Waals surface area (Å²) in [5.74, 6) is 0. The van der Waals surface area contributed by atoms with Crippen LogP contribution in [-0.2, 0) is 0 Å². The van der Waals surface area contributed by atoms with E-state index in [9.17, 15) is 0 Å². The van der Waals surface area contributed by atoms with E-state index >= 15 is 0 Å². The van der Waals surface area contributed by atoms with Gasteiger partial charge >= 0.3 is 0 Å². The highest BCUT2D eigenvalue weighted by Crippen LogP contribution is 2.43. The number of rotatable bonds is 6. The minimum atomic E-state index is 0.878. The van der Waals surface area contributed by atoms with Crippen molar-refractivity contribution in [1.82, 2.24) is 0 Å². The quantitative estimate of drug-likeness (QED) is 0.185. The van der Waals surface area contributed by atoms with Gasteiger partial charge in [0.1, 0.15) is 11.2 Å². The monoisotopic (exact) mass is 613 g/mol. The number of hydrogen-bond acceptors (Lipinski definition) is 2. The molecule has 0 unspecified atom stereocenters. The van der Waals surface area contributed by atoms with Crippen molar-refractivity contribution in [3.05, 3.63) is 188 Å². The Kier molecular flexibility index (Phi) is 6.84. The van der Waals surface area contributed by atoms with E-state index in [1.165, 1.54) is 38.8 Å². The van der Waals surface area contributed by atoms with Crippen molar-refractivity contribution in [2.75, 3.05) is 4.90 Å². The average molecular weight is 614 g/mol. The zero-order chi connectivity index (χ0) is 31.9. The average Bonchev–Trinajstić information content (AvgIpc) is 3.54. The van der Waals surface area contributed by atoms with E-state index in [1.807, 2.05) is 0 Å². The highest BCUT2D eigenvalue weighted by atomic mass is 16.3. The Balaban J connectivity index is 1.19. The highest BCUT2D eigenvalue weighted by Gasteiger charge is 2.18. The summed E-state index contributed by atoms with van der Waals surface area (Å²) in [5, 5.41) is 4.50. The van der Waals surface area contributed by atoms with Gasteiger partial charge in [0.05, 0.1) is 0 Å². The molecule has 2 heteroatoms. The van der Waals surface area contributed by atoms with Gasteiger partial charge in [0.15, 0.2) is 0 Å². The van der Waals surface area contributed by atoms with Crippen LogP contribution in [-0.4, -0.2) is 0 Å². The van der Waals surface area contributed by atoms with E-state index in [1.54, 1.807) is 0 Å². The lowest BCUT2D eigenvalue weighted by molar-refractivity contribution is 0.672. The predicted molar refractivity (Wildman–Crippen MR) is 202 cm³/mol. The lowest BCUT2D eigenvalue weighted by atomic mass is 9.94. The van der Waals surface area contributed by atoms with Gasteiger partial charge in [-0.2, -0.15) is 0 Å². The van der Waals surface area contributed by atoms with E-state index in [4.69, 9.17) is 4.42 Å². The maximum absolute atomic E-state index is 6.63. The van der Waals surface area contributed by atoms with Gasteiger partial charge in [-0.15, -0.1) is 0 Å². The van der Waals surface area contributed by atoms with Crippen molar-refractivity contribution in [3.63, 3.8) is 0 Å². The van der Waals surface area contributed by atoms with Crippen LogP contribution in [0.5, 0.6) is 0 Å². The molecule has 0 atom stereocenters. The lowest BCUT2D eigenvalue weighted by Crippen LogP contribution is -2.09. The summed E-state index contributed by atoms with van der Waals surface area (Å²) < 4.78 is 6.63. The van der Waals surface area contributed by atoms with Gasteiger partial charge in [-0.1, -0.05) is 140 Å². The van der Waals surface area contributed by atoms with E-state index < -0.39 is 0 Å². The van der Waals surface area contributed by atoms with E-state index in [2.05, 4.69) is 193 Å². The molecule has 0 fully saturated rings. The van der Waals surface area contributed by atoms with Crippen molar-refractivity contribution >= 4 is 49.8 Å². The molecule has 0 radical (unpaired) electrons. The van der Waals surface area contributed by atoms with Crippen molar-refractivity contribution < 1.29 is 4.42 Å². The molecular weight excluding hydrogens is 583 g/mol. The Bertz CT molecular complexity index is 2520. The molecule has 0 aliphatic rings. The Morgan fingerprint density at radius 1 is 0.312 bits per heavy atom. The van der Waals surface area contributed by atoms with Crippen LogP contribution in [0.3, 0.4) is 0 Å². The molecule has 0 saturated heterocycles. The third kappa shape index (κ3) is 4.92. The molecule has 0 aliphatic heterocycles. The molecule has 9 rings (SSSR count). The first-order valence-corrected chi connectivity index (χ1v) is 16.3. The fourth-order valence-corrected chi connectivity index (χ4v) is 6.89. The van der Waals surface area contributed by atoms with Crippen molar-refractivity contribution in [1.29, 1.82) is 0 Å². The number of hydrogen-bond donors (Lipinski definition) is 0. The molecule has 1 aromatic heterocycles. The molecule has 8 aromatic carbocycles. The Morgan fingerprint density at radius 2 is 0.792 bits per heavy atom. The fraction of sp³-hybridized carbons (Fsp3) is 0. The Hall–Kier alpha value is -6.38. The molecule has 1 heterocycles. The number of nitrogens with zero attached hydrogens (tertiary/aromatic N) is 1. The first-order valence-electron chi connectivity index (χ1n) is 16.3.